The van der Waals surface area contributed by atoms with Gasteiger partial charge in [-0.15, -0.1) is 11.8 Å². The summed E-state index contributed by atoms with van der Waals surface area (Å²) in [4.78, 5) is 20.1. The minimum Gasteiger partial charge on any atom is -0.390 e. The molecule has 1 saturated heterocycles. The lowest BCUT2D eigenvalue weighted by atomic mass is 9.96. The number of hydrogen-bond acceptors (Lipinski definition) is 6. The van der Waals surface area contributed by atoms with Gasteiger partial charge in [0.15, 0.2) is 0 Å². The number of piperidine rings is 1. The lowest BCUT2D eigenvalue weighted by Gasteiger charge is -2.28. The van der Waals surface area contributed by atoms with E-state index < -0.39 is 0 Å². The van der Waals surface area contributed by atoms with Gasteiger partial charge in [-0.1, -0.05) is 24.3 Å². The monoisotopic (exact) mass is 515 g/mol. The van der Waals surface area contributed by atoms with Gasteiger partial charge in [-0.3, -0.25) is 9.48 Å². The van der Waals surface area contributed by atoms with Crippen molar-refractivity contribution < 1.29 is 9.90 Å². The Labute approximate surface area is 222 Å². The van der Waals surface area contributed by atoms with Crippen LogP contribution in [0.4, 0.5) is 0 Å². The first-order valence-electron chi connectivity index (χ1n) is 12.8. The highest BCUT2D eigenvalue weighted by Gasteiger charge is 2.19. The number of aromatic nitrogens is 3. The molecule has 0 atom stereocenters. The van der Waals surface area contributed by atoms with Gasteiger partial charge in [0.05, 0.1) is 23.5 Å². The molecule has 1 fully saturated rings. The van der Waals surface area contributed by atoms with E-state index in [1.54, 1.807) is 34.9 Å². The first-order valence-corrected chi connectivity index (χ1v) is 13.6. The number of nitrogens with one attached hydrogen (secondary N) is 1. The number of allylic oxidation sites excluding steroid dienone is 2. The molecule has 1 aliphatic heterocycles. The van der Waals surface area contributed by atoms with Crippen LogP contribution in [0.5, 0.6) is 0 Å². The van der Waals surface area contributed by atoms with Crippen LogP contribution in [0.25, 0.3) is 23.3 Å². The number of amides is 1. The van der Waals surface area contributed by atoms with Crippen LogP contribution < -0.4 is 5.32 Å². The molecule has 7 nitrogen and oxygen atoms in total. The van der Waals surface area contributed by atoms with Crippen molar-refractivity contribution in [2.24, 2.45) is 7.05 Å². The number of nitrogens with zero attached hydrogens (tertiary/aromatic N) is 4. The lowest BCUT2D eigenvalue weighted by Crippen LogP contribution is -2.31. The molecule has 3 heterocycles. The molecule has 3 aromatic rings. The zero-order valence-corrected chi connectivity index (χ0v) is 22.2. The highest BCUT2D eigenvalue weighted by Crippen LogP contribution is 2.30. The molecule has 192 valence electrons. The zero-order chi connectivity index (χ0) is 25.8. The molecular formula is C29H33N5O2S. The molecule has 8 heteroatoms. The number of aliphatic hydroxyl groups is 1. The number of rotatable bonds is 6. The maximum atomic E-state index is 13.2. The fraction of sp³-hybridized carbons (Fsp3) is 0.345. The number of carbonyl (C=O) groups excluding carboxylic acids is 1. The highest BCUT2D eigenvalue weighted by atomic mass is 32.2. The van der Waals surface area contributed by atoms with Crippen molar-refractivity contribution >= 4 is 29.8 Å². The second kappa shape index (κ2) is 11.5. The third-order valence-electron chi connectivity index (χ3n) is 7.04. The maximum absolute atomic E-state index is 13.2. The fourth-order valence-electron chi connectivity index (χ4n) is 4.82. The van der Waals surface area contributed by atoms with Crippen molar-refractivity contribution in [1.82, 2.24) is 25.0 Å². The third-order valence-corrected chi connectivity index (χ3v) is 8.31. The van der Waals surface area contributed by atoms with Gasteiger partial charge in [-0.25, -0.2) is 4.98 Å². The fourth-order valence-corrected chi connectivity index (χ4v) is 5.93. The average molecular weight is 516 g/mol. The molecule has 5 rings (SSSR count). The molecule has 0 unspecified atom stereocenters. The Morgan fingerprint density at radius 3 is 2.81 bits per heavy atom. The Morgan fingerprint density at radius 1 is 1.16 bits per heavy atom. The van der Waals surface area contributed by atoms with Crippen molar-refractivity contribution in [2.45, 2.75) is 42.6 Å². The van der Waals surface area contributed by atoms with Gasteiger partial charge < -0.3 is 15.3 Å². The zero-order valence-electron chi connectivity index (χ0n) is 21.4. The quantitative estimate of drug-likeness (QED) is 0.494. The standard InChI is InChI=1S/C29H33N5O2S/c1-33-13-10-25(11-14-33)37-28-17-22(9-12-30-28)29(36)32-24-6-4-3-5-20-7-8-21(15-23(20)16-24)26-18-31-34(2)27(26)19-35/h3,5,7-9,12,15-18,25,35H,4,6,10-11,13-14,19H2,1-2H3,(H,32,36)/b5-3-,24-16+. The Hall–Kier alpha value is -3.20. The van der Waals surface area contributed by atoms with Gasteiger partial charge in [0, 0.05) is 35.3 Å². The minimum absolute atomic E-state index is 0.0794. The van der Waals surface area contributed by atoms with Gasteiger partial charge in [0.2, 0.25) is 0 Å². The summed E-state index contributed by atoms with van der Waals surface area (Å²) in [6.45, 7) is 2.13. The van der Waals surface area contributed by atoms with E-state index >= 15 is 0 Å². The normalized spacial score (nSPS) is 18.8. The van der Waals surface area contributed by atoms with E-state index in [-0.39, 0.29) is 12.5 Å². The number of carbonyl (C=O) groups is 1. The van der Waals surface area contributed by atoms with Crippen molar-refractivity contribution in [3.8, 4) is 11.1 Å². The predicted octanol–water partition coefficient (Wildman–Crippen LogP) is 4.74. The van der Waals surface area contributed by atoms with E-state index in [1.165, 1.54) is 0 Å². The number of thioether (sulfide) groups is 1. The summed E-state index contributed by atoms with van der Waals surface area (Å²) < 4.78 is 1.70. The molecule has 1 aliphatic carbocycles. The summed E-state index contributed by atoms with van der Waals surface area (Å²) in [7, 11) is 3.99. The van der Waals surface area contributed by atoms with Crippen LogP contribution in [-0.4, -0.2) is 56.1 Å². The summed E-state index contributed by atoms with van der Waals surface area (Å²) in [6.07, 6.45) is 13.7. The van der Waals surface area contributed by atoms with Crippen molar-refractivity contribution in [3.63, 3.8) is 0 Å². The summed E-state index contributed by atoms with van der Waals surface area (Å²) in [6, 6.07) is 9.91. The molecule has 1 aromatic carbocycles. The maximum Gasteiger partial charge on any atom is 0.255 e. The summed E-state index contributed by atoms with van der Waals surface area (Å²) in [5.74, 6) is -0.115. The van der Waals surface area contributed by atoms with Crippen molar-refractivity contribution in [2.75, 3.05) is 20.1 Å². The number of benzene rings is 1. The third kappa shape index (κ3) is 6.04. The Balaban J connectivity index is 1.35. The molecule has 0 spiro atoms. The highest BCUT2D eigenvalue weighted by molar-refractivity contribution is 7.99. The van der Waals surface area contributed by atoms with Gasteiger partial charge in [0.1, 0.15) is 0 Å². The lowest BCUT2D eigenvalue weighted by molar-refractivity contribution is 0.0964. The molecule has 2 N–H and O–H groups in total. The summed E-state index contributed by atoms with van der Waals surface area (Å²) in [5.41, 5.74) is 6.27. The van der Waals surface area contributed by atoms with E-state index in [0.717, 1.165) is 77.4 Å². The smallest absolute Gasteiger partial charge is 0.255 e. The summed E-state index contributed by atoms with van der Waals surface area (Å²) in [5, 5.41) is 18.7. The number of fused-ring (bicyclic) bond motifs is 1. The first-order chi connectivity index (χ1) is 18.0. The number of likely N-dealkylation sites (tertiary alicyclic amines) is 1. The topological polar surface area (TPSA) is 83.3 Å². The van der Waals surface area contributed by atoms with Crippen LogP contribution in [0.3, 0.4) is 0 Å². The second-order valence-corrected chi connectivity index (χ2v) is 11.0. The number of pyridine rings is 1. The van der Waals surface area contributed by atoms with E-state index in [9.17, 15) is 9.90 Å². The molecule has 2 aliphatic rings. The van der Waals surface area contributed by atoms with Crippen LogP contribution >= 0.6 is 11.8 Å². The molecule has 0 bridgehead atoms. The van der Waals surface area contributed by atoms with Crippen molar-refractivity contribution in [3.05, 3.63) is 76.9 Å². The second-order valence-electron chi connectivity index (χ2n) is 9.70. The Bertz CT molecular complexity index is 1340. The van der Waals surface area contributed by atoms with Gasteiger partial charge >= 0.3 is 0 Å². The molecular weight excluding hydrogens is 482 g/mol. The minimum atomic E-state index is -0.115. The van der Waals surface area contributed by atoms with E-state index in [1.807, 2.05) is 19.2 Å². The molecule has 0 saturated carbocycles. The molecule has 1 amide bonds. The van der Waals surface area contributed by atoms with Gasteiger partial charge in [-0.2, -0.15) is 5.10 Å². The van der Waals surface area contributed by atoms with Gasteiger partial charge in [0.25, 0.3) is 5.91 Å². The van der Waals surface area contributed by atoms with Crippen LogP contribution in [-0.2, 0) is 13.7 Å². The van der Waals surface area contributed by atoms with E-state index in [4.69, 9.17) is 0 Å². The SMILES string of the molecule is CN1CCC(Sc2cc(C(=O)N/C3=C/c4cc(-c5cnn(C)c5CO)ccc4/C=C\CC3)ccn2)CC1. The van der Waals surface area contributed by atoms with E-state index in [2.05, 4.69) is 57.7 Å². The number of aryl methyl sites for hydroxylation is 1. The Morgan fingerprint density at radius 2 is 2.00 bits per heavy atom. The molecule has 0 radical (unpaired) electrons. The first kappa shape index (κ1) is 25.4. The van der Waals surface area contributed by atoms with E-state index in [0.29, 0.717) is 10.8 Å². The predicted molar refractivity (Wildman–Crippen MR) is 149 cm³/mol. The largest absolute Gasteiger partial charge is 0.390 e. The Kier molecular flexibility index (Phi) is 7.88. The van der Waals surface area contributed by atoms with Crippen molar-refractivity contribution in [1.29, 1.82) is 0 Å². The summed E-state index contributed by atoms with van der Waals surface area (Å²) >= 11 is 1.78. The van der Waals surface area contributed by atoms with Crippen LogP contribution in [0.2, 0.25) is 0 Å². The number of aliphatic hydroxyl groups excluding tert-OH is 1. The van der Waals surface area contributed by atoms with Crippen LogP contribution in [0.15, 0.2) is 59.5 Å². The number of hydrogen-bond donors (Lipinski definition) is 2. The average Bonchev–Trinajstić information content (AvgIpc) is 3.27. The molecule has 37 heavy (non-hydrogen) atoms. The molecule has 2 aromatic heterocycles. The van der Waals surface area contributed by atoms with Gasteiger partial charge in [-0.05, 0) is 86.8 Å². The van der Waals surface area contributed by atoms with Crippen LogP contribution in [0.1, 0.15) is 52.9 Å². The van der Waals surface area contributed by atoms with Crippen LogP contribution in [0, 0.1) is 0 Å².